The summed E-state index contributed by atoms with van der Waals surface area (Å²) in [5, 5.41) is 3.11. The van der Waals surface area contributed by atoms with Gasteiger partial charge in [0.2, 0.25) is 5.91 Å². The Bertz CT molecular complexity index is 823. The lowest BCUT2D eigenvalue weighted by atomic mass is 10.3. The van der Waals surface area contributed by atoms with Crippen LogP contribution in [0.25, 0.3) is 0 Å². The second-order valence-electron chi connectivity index (χ2n) is 4.83. The van der Waals surface area contributed by atoms with Gasteiger partial charge in [0, 0.05) is 11.0 Å². The number of carbonyl (C=O) groups excluding carboxylic acids is 2. The summed E-state index contributed by atoms with van der Waals surface area (Å²) in [5.41, 5.74) is 0.650. The van der Waals surface area contributed by atoms with Gasteiger partial charge in [-0.3, -0.25) is 14.4 Å². The molecule has 0 aliphatic carbocycles. The van der Waals surface area contributed by atoms with Gasteiger partial charge in [-0.05, 0) is 18.4 Å². The minimum Gasteiger partial charge on any atom is -0.469 e. The second-order valence-corrected chi connectivity index (χ2v) is 6.64. The fourth-order valence-electron chi connectivity index (χ4n) is 1.93. The molecule has 1 amide bonds. The third-order valence-corrected chi connectivity index (χ3v) is 4.72. The van der Waals surface area contributed by atoms with Crippen LogP contribution in [0.15, 0.2) is 45.2 Å². The molecular formula is C16H17N3O4S2. The van der Waals surface area contributed by atoms with E-state index in [2.05, 4.69) is 20.0 Å². The molecule has 0 fully saturated rings. The second kappa shape index (κ2) is 9.28. The monoisotopic (exact) mass is 379 g/mol. The number of para-hydroxylation sites is 1. The van der Waals surface area contributed by atoms with Crippen LogP contribution in [0.1, 0.15) is 5.69 Å². The van der Waals surface area contributed by atoms with Crippen molar-refractivity contribution >= 4 is 41.1 Å². The summed E-state index contributed by atoms with van der Waals surface area (Å²) in [4.78, 5) is 42.7. The highest BCUT2D eigenvalue weighted by Crippen LogP contribution is 2.24. The molecule has 0 spiro atoms. The molecule has 7 nitrogen and oxygen atoms in total. The molecule has 0 unspecified atom stereocenters. The molecule has 132 valence electrons. The van der Waals surface area contributed by atoms with Gasteiger partial charge in [0.25, 0.3) is 5.56 Å². The van der Waals surface area contributed by atoms with Crippen molar-refractivity contribution in [2.45, 2.75) is 16.5 Å². The van der Waals surface area contributed by atoms with Gasteiger partial charge in [-0.2, -0.15) is 0 Å². The molecule has 2 N–H and O–H groups in total. The third-order valence-electron chi connectivity index (χ3n) is 3.05. The SMILES string of the molecule is COC(=O)Cc1cc(=O)[nH]c(SCC(=O)Nc2ccccc2SC)n1. The number of hydrogen-bond donors (Lipinski definition) is 2. The topological polar surface area (TPSA) is 101 Å². The molecule has 1 aromatic carbocycles. The van der Waals surface area contributed by atoms with Gasteiger partial charge < -0.3 is 15.0 Å². The molecule has 2 rings (SSSR count). The molecule has 0 bridgehead atoms. The van der Waals surface area contributed by atoms with Crippen LogP contribution in [0.2, 0.25) is 0 Å². The van der Waals surface area contributed by atoms with Crippen molar-refractivity contribution in [1.82, 2.24) is 9.97 Å². The molecule has 2 aromatic rings. The van der Waals surface area contributed by atoms with E-state index < -0.39 is 5.97 Å². The molecule has 1 aromatic heterocycles. The van der Waals surface area contributed by atoms with E-state index in [1.807, 2.05) is 30.5 Å². The van der Waals surface area contributed by atoms with E-state index in [0.29, 0.717) is 5.69 Å². The Hall–Kier alpha value is -2.26. The van der Waals surface area contributed by atoms with Crippen LogP contribution in [-0.2, 0) is 20.7 Å². The van der Waals surface area contributed by atoms with Crippen molar-refractivity contribution in [3.63, 3.8) is 0 Å². The minimum absolute atomic E-state index is 0.0767. The van der Waals surface area contributed by atoms with E-state index in [-0.39, 0.29) is 28.8 Å². The van der Waals surface area contributed by atoms with E-state index in [1.54, 1.807) is 0 Å². The zero-order valence-electron chi connectivity index (χ0n) is 13.7. The van der Waals surface area contributed by atoms with Gasteiger partial charge in [0.15, 0.2) is 5.16 Å². The third kappa shape index (κ3) is 5.95. The summed E-state index contributed by atoms with van der Waals surface area (Å²) in [7, 11) is 1.27. The number of aromatic nitrogens is 2. The average Bonchev–Trinajstić information content (AvgIpc) is 2.60. The van der Waals surface area contributed by atoms with Gasteiger partial charge in [0.1, 0.15) is 0 Å². The lowest BCUT2D eigenvalue weighted by molar-refractivity contribution is -0.139. The summed E-state index contributed by atoms with van der Waals surface area (Å²) in [5.74, 6) is -0.624. The van der Waals surface area contributed by atoms with Crippen LogP contribution < -0.4 is 10.9 Å². The molecule has 9 heteroatoms. The summed E-state index contributed by atoms with van der Waals surface area (Å²) >= 11 is 2.63. The summed E-state index contributed by atoms with van der Waals surface area (Å²) in [6.45, 7) is 0. The van der Waals surface area contributed by atoms with E-state index in [0.717, 1.165) is 22.3 Å². The number of rotatable bonds is 7. The van der Waals surface area contributed by atoms with Crippen molar-refractivity contribution in [2.24, 2.45) is 0 Å². The number of nitrogens with one attached hydrogen (secondary N) is 2. The van der Waals surface area contributed by atoms with Crippen molar-refractivity contribution in [3.8, 4) is 0 Å². The molecular weight excluding hydrogens is 362 g/mol. The van der Waals surface area contributed by atoms with Crippen molar-refractivity contribution in [1.29, 1.82) is 0 Å². The molecule has 0 aliphatic rings. The van der Waals surface area contributed by atoms with Crippen LogP contribution in [-0.4, -0.2) is 41.0 Å². The number of carbonyl (C=O) groups is 2. The Morgan fingerprint density at radius 3 is 2.80 bits per heavy atom. The van der Waals surface area contributed by atoms with Crippen molar-refractivity contribution in [3.05, 3.63) is 46.4 Å². The maximum absolute atomic E-state index is 12.1. The number of hydrogen-bond acceptors (Lipinski definition) is 7. The van der Waals surface area contributed by atoms with E-state index in [1.165, 1.54) is 24.9 Å². The van der Waals surface area contributed by atoms with Gasteiger partial charge in [0.05, 0.1) is 30.7 Å². The lowest BCUT2D eigenvalue weighted by Crippen LogP contribution is -2.17. The molecule has 0 saturated heterocycles. The van der Waals surface area contributed by atoms with Crippen LogP contribution >= 0.6 is 23.5 Å². The standard InChI is InChI=1S/C16H17N3O4S2/c1-23-15(22)8-10-7-13(20)19-16(17-10)25-9-14(21)18-11-5-3-4-6-12(11)24-2/h3-7H,8-9H2,1-2H3,(H,18,21)(H,17,19,20). The first kappa shape index (κ1) is 19.1. The van der Waals surface area contributed by atoms with Crippen molar-refractivity contribution in [2.75, 3.05) is 24.4 Å². The Morgan fingerprint density at radius 2 is 2.08 bits per heavy atom. The van der Waals surface area contributed by atoms with Gasteiger partial charge in [-0.25, -0.2) is 4.98 Å². The van der Waals surface area contributed by atoms with Gasteiger partial charge in [-0.1, -0.05) is 23.9 Å². The molecule has 0 saturated carbocycles. The zero-order valence-corrected chi connectivity index (χ0v) is 15.3. The van der Waals surface area contributed by atoms with Crippen molar-refractivity contribution < 1.29 is 14.3 Å². The number of ether oxygens (including phenoxy) is 1. The number of aromatic amines is 1. The van der Waals surface area contributed by atoms with E-state index in [9.17, 15) is 14.4 Å². The molecule has 25 heavy (non-hydrogen) atoms. The minimum atomic E-state index is -0.486. The van der Waals surface area contributed by atoms with Crippen LogP contribution in [0.5, 0.6) is 0 Å². The number of amides is 1. The smallest absolute Gasteiger partial charge is 0.311 e. The largest absolute Gasteiger partial charge is 0.469 e. The number of H-pyrrole nitrogens is 1. The first-order valence-corrected chi connectivity index (χ1v) is 9.45. The normalized spacial score (nSPS) is 10.3. The zero-order chi connectivity index (χ0) is 18.2. The van der Waals surface area contributed by atoms with E-state index in [4.69, 9.17) is 0 Å². The Kier molecular flexibility index (Phi) is 7.08. The number of benzene rings is 1. The molecule has 0 aliphatic heterocycles. The number of nitrogens with zero attached hydrogens (tertiary/aromatic N) is 1. The number of methoxy groups -OCH3 is 1. The summed E-state index contributed by atoms with van der Waals surface area (Å²) in [6.07, 6.45) is 1.84. The number of esters is 1. The predicted molar refractivity (Wildman–Crippen MR) is 98.2 cm³/mol. The first-order valence-electron chi connectivity index (χ1n) is 7.24. The Labute approximate surface area is 153 Å². The predicted octanol–water partition coefficient (Wildman–Crippen LogP) is 1.94. The molecule has 0 radical (unpaired) electrons. The molecule has 1 heterocycles. The van der Waals surface area contributed by atoms with Gasteiger partial charge in [-0.15, -0.1) is 11.8 Å². The fraction of sp³-hybridized carbons (Fsp3) is 0.250. The number of anilines is 1. The Morgan fingerprint density at radius 1 is 1.32 bits per heavy atom. The summed E-state index contributed by atoms with van der Waals surface area (Å²) < 4.78 is 4.56. The summed E-state index contributed by atoms with van der Waals surface area (Å²) in [6, 6.07) is 8.72. The van der Waals surface area contributed by atoms with E-state index >= 15 is 0 Å². The van der Waals surface area contributed by atoms with Crippen LogP contribution in [0.3, 0.4) is 0 Å². The molecule has 0 atom stereocenters. The first-order chi connectivity index (χ1) is 12.0. The van der Waals surface area contributed by atoms with Gasteiger partial charge >= 0.3 is 5.97 Å². The lowest BCUT2D eigenvalue weighted by Gasteiger charge is -2.09. The highest BCUT2D eigenvalue weighted by atomic mass is 32.2. The Balaban J connectivity index is 1.99. The average molecular weight is 379 g/mol. The maximum atomic E-state index is 12.1. The maximum Gasteiger partial charge on any atom is 0.311 e. The number of thioether (sulfide) groups is 2. The van der Waals surface area contributed by atoms with Crippen LogP contribution in [0.4, 0.5) is 5.69 Å². The fourth-order valence-corrected chi connectivity index (χ4v) is 3.18. The highest BCUT2D eigenvalue weighted by molar-refractivity contribution is 7.99. The van der Waals surface area contributed by atoms with Crippen LogP contribution in [0, 0.1) is 0 Å². The quantitative estimate of drug-likeness (QED) is 0.431. The highest BCUT2D eigenvalue weighted by Gasteiger charge is 2.10.